The Balaban J connectivity index is 4.29. The van der Waals surface area contributed by atoms with Crippen molar-refractivity contribution in [3.8, 4) is 0 Å². The molecule has 2 unspecified atom stereocenters. The zero-order valence-electron chi connectivity index (χ0n) is 8.97. The first-order valence-electron chi connectivity index (χ1n) is 4.65. The average molecular weight is 224 g/mol. The molecule has 6 heteroatoms. The summed E-state index contributed by atoms with van der Waals surface area (Å²) in [5.74, 6) is 0. The fourth-order valence-corrected chi connectivity index (χ4v) is 2.14. The van der Waals surface area contributed by atoms with Crippen LogP contribution in [0.2, 0.25) is 0 Å². The van der Waals surface area contributed by atoms with E-state index in [-0.39, 0.29) is 6.54 Å². The first-order valence-corrected chi connectivity index (χ1v) is 6.16. The summed E-state index contributed by atoms with van der Waals surface area (Å²) < 4.78 is 24.5. The quantitative estimate of drug-likeness (QED) is 0.629. The predicted octanol–water partition coefficient (Wildman–Crippen LogP) is -0.634. The topological polar surface area (TPSA) is 83.6 Å². The summed E-state index contributed by atoms with van der Waals surface area (Å²) in [7, 11) is -1.78. The van der Waals surface area contributed by atoms with Gasteiger partial charge in [-0.1, -0.05) is 0 Å². The lowest BCUT2D eigenvalue weighted by Crippen LogP contribution is -2.39. The predicted molar refractivity (Wildman–Crippen MR) is 56.4 cm³/mol. The molecule has 0 radical (unpaired) electrons. The molecule has 0 saturated heterocycles. The van der Waals surface area contributed by atoms with Gasteiger partial charge in [0.2, 0.25) is 10.0 Å². The van der Waals surface area contributed by atoms with Gasteiger partial charge >= 0.3 is 0 Å². The molecule has 0 heterocycles. The maximum Gasteiger partial charge on any atom is 0.217 e. The molecule has 0 aliphatic heterocycles. The van der Waals surface area contributed by atoms with E-state index >= 15 is 0 Å². The molecule has 2 atom stereocenters. The average Bonchev–Trinajstić information content (AvgIpc) is 2.12. The zero-order valence-corrected chi connectivity index (χ0v) is 9.79. The van der Waals surface area contributed by atoms with Gasteiger partial charge in [0.05, 0.1) is 11.4 Å². The van der Waals surface area contributed by atoms with Crippen LogP contribution >= 0.6 is 0 Å². The minimum Gasteiger partial charge on any atom is -0.393 e. The van der Waals surface area contributed by atoms with Gasteiger partial charge in [0, 0.05) is 20.1 Å². The van der Waals surface area contributed by atoms with Crippen molar-refractivity contribution >= 4 is 10.0 Å². The van der Waals surface area contributed by atoms with Crippen LogP contribution in [0.15, 0.2) is 0 Å². The normalized spacial score (nSPS) is 17.0. The molecular weight excluding hydrogens is 204 g/mol. The first kappa shape index (κ1) is 13.8. The largest absolute Gasteiger partial charge is 0.393 e. The third-order valence-corrected chi connectivity index (χ3v) is 4.40. The second-order valence-corrected chi connectivity index (χ2v) is 6.01. The molecule has 0 amide bonds. The molecular formula is C8H20N2O3S. The van der Waals surface area contributed by atoms with Crippen LogP contribution in [0.25, 0.3) is 0 Å². The molecule has 0 fully saturated rings. The van der Waals surface area contributed by atoms with Gasteiger partial charge in [-0.2, -0.15) is 0 Å². The molecule has 0 rings (SSSR count). The molecule has 0 aliphatic rings. The Labute approximate surface area is 85.9 Å². The van der Waals surface area contributed by atoms with Crippen molar-refractivity contribution in [2.24, 2.45) is 5.73 Å². The highest BCUT2D eigenvalue weighted by atomic mass is 32.2. The first-order chi connectivity index (χ1) is 6.32. The number of hydrogen-bond acceptors (Lipinski definition) is 4. The third kappa shape index (κ3) is 3.91. The van der Waals surface area contributed by atoms with Gasteiger partial charge in [-0.05, 0) is 20.3 Å². The molecule has 0 aromatic heterocycles. The van der Waals surface area contributed by atoms with Crippen molar-refractivity contribution in [1.29, 1.82) is 0 Å². The Morgan fingerprint density at radius 1 is 1.43 bits per heavy atom. The Morgan fingerprint density at radius 3 is 2.29 bits per heavy atom. The molecule has 0 saturated carbocycles. The van der Waals surface area contributed by atoms with Crippen molar-refractivity contribution < 1.29 is 13.5 Å². The highest BCUT2D eigenvalue weighted by Crippen LogP contribution is 2.06. The number of sulfonamides is 1. The summed E-state index contributed by atoms with van der Waals surface area (Å²) in [4.78, 5) is 0. The van der Waals surface area contributed by atoms with Crippen LogP contribution in [0.1, 0.15) is 20.3 Å². The Kier molecular flexibility index (Phi) is 5.58. The van der Waals surface area contributed by atoms with E-state index in [4.69, 9.17) is 10.8 Å². The van der Waals surface area contributed by atoms with Crippen molar-refractivity contribution in [3.05, 3.63) is 0 Å². The molecule has 86 valence electrons. The van der Waals surface area contributed by atoms with E-state index in [2.05, 4.69) is 0 Å². The zero-order chi connectivity index (χ0) is 11.4. The fraction of sp³-hybridized carbons (Fsp3) is 1.00. The summed E-state index contributed by atoms with van der Waals surface area (Å²) in [6, 6.07) is 0. The van der Waals surface area contributed by atoms with Gasteiger partial charge in [0.15, 0.2) is 0 Å². The van der Waals surface area contributed by atoms with Crippen LogP contribution < -0.4 is 5.73 Å². The van der Waals surface area contributed by atoms with Crippen LogP contribution in [0, 0.1) is 0 Å². The lowest BCUT2D eigenvalue weighted by Gasteiger charge is -2.21. The van der Waals surface area contributed by atoms with Gasteiger partial charge in [-0.25, -0.2) is 12.7 Å². The van der Waals surface area contributed by atoms with Crippen molar-refractivity contribution in [2.75, 3.05) is 20.1 Å². The maximum atomic E-state index is 11.6. The lowest BCUT2D eigenvalue weighted by atomic mass is 10.3. The van der Waals surface area contributed by atoms with E-state index < -0.39 is 21.4 Å². The van der Waals surface area contributed by atoms with E-state index in [0.29, 0.717) is 13.0 Å². The highest BCUT2D eigenvalue weighted by Gasteiger charge is 2.24. The number of aliphatic hydroxyl groups excluding tert-OH is 1. The van der Waals surface area contributed by atoms with E-state index in [1.165, 1.54) is 11.4 Å². The molecule has 14 heavy (non-hydrogen) atoms. The van der Waals surface area contributed by atoms with Crippen LogP contribution in [0.3, 0.4) is 0 Å². The third-order valence-electron chi connectivity index (χ3n) is 2.14. The van der Waals surface area contributed by atoms with E-state index in [1.807, 2.05) is 0 Å². The van der Waals surface area contributed by atoms with Crippen LogP contribution in [-0.4, -0.2) is 49.3 Å². The SMILES string of the molecule is CC(O)CCN(C)S(=O)(=O)C(C)CN. The highest BCUT2D eigenvalue weighted by molar-refractivity contribution is 7.89. The van der Waals surface area contributed by atoms with Crippen molar-refractivity contribution in [1.82, 2.24) is 4.31 Å². The second-order valence-electron chi connectivity index (χ2n) is 3.55. The number of rotatable bonds is 6. The lowest BCUT2D eigenvalue weighted by molar-refractivity contribution is 0.177. The molecule has 0 aromatic carbocycles. The summed E-state index contributed by atoms with van der Waals surface area (Å²) in [5, 5.41) is 8.45. The monoisotopic (exact) mass is 224 g/mol. The smallest absolute Gasteiger partial charge is 0.217 e. The Hall–Kier alpha value is -0.170. The van der Waals surface area contributed by atoms with Crippen LogP contribution in [0.5, 0.6) is 0 Å². The van der Waals surface area contributed by atoms with Gasteiger partial charge in [-0.3, -0.25) is 0 Å². The Morgan fingerprint density at radius 2 is 1.93 bits per heavy atom. The number of aliphatic hydroxyl groups is 1. The van der Waals surface area contributed by atoms with E-state index in [0.717, 1.165) is 0 Å². The molecule has 3 N–H and O–H groups in total. The maximum absolute atomic E-state index is 11.6. The van der Waals surface area contributed by atoms with Gasteiger partial charge in [0.1, 0.15) is 0 Å². The van der Waals surface area contributed by atoms with Crippen molar-refractivity contribution in [2.45, 2.75) is 31.6 Å². The van der Waals surface area contributed by atoms with E-state index in [1.54, 1.807) is 13.8 Å². The molecule has 0 aliphatic carbocycles. The summed E-state index contributed by atoms with van der Waals surface area (Å²) in [5.41, 5.74) is 5.30. The minimum absolute atomic E-state index is 0.112. The second kappa shape index (κ2) is 5.65. The Bertz CT molecular complexity index is 251. The summed E-state index contributed by atoms with van der Waals surface area (Å²) >= 11 is 0. The molecule has 0 aromatic rings. The molecule has 0 bridgehead atoms. The summed E-state index contributed by atoms with van der Waals surface area (Å²) in [6.45, 7) is 3.65. The van der Waals surface area contributed by atoms with Crippen molar-refractivity contribution in [3.63, 3.8) is 0 Å². The number of hydrogen-bond donors (Lipinski definition) is 2. The van der Waals surface area contributed by atoms with E-state index in [9.17, 15) is 8.42 Å². The van der Waals surface area contributed by atoms with Crippen LogP contribution in [-0.2, 0) is 10.0 Å². The number of nitrogens with two attached hydrogens (primary N) is 1. The molecule has 0 spiro atoms. The van der Waals surface area contributed by atoms with Gasteiger partial charge in [-0.15, -0.1) is 0 Å². The van der Waals surface area contributed by atoms with Crippen LogP contribution in [0.4, 0.5) is 0 Å². The number of nitrogens with zero attached hydrogens (tertiary/aromatic N) is 1. The minimum atomic E-state index is -3.29. The fourth-order valence-electron chi connectivity index (χ4n) is 0.925. The van der Waals surface area contributed by atoms with Gasteiger partial charge in [0.25, 0.3) is 0 Å². The summed E-state index contributed by atoms with van der Waals surface area (Å²) in [6.07, 6.45) is -0.0478. The van der Waals surface area contributed by atoms with Gasteiger partial charge < -0.3 is 10.8 Å². The standard InChI is InChI=1S/C8H20N2O3S/c1-7(11)4-5-10(3)14(12,13)8(2)6-9/h7-8,11H,4-6,9H2,1-3H3. The molecule has 5 nitrogen and oxygen atoms in total.